The van der Waals surface area contributed by atoms with Gasteiger partial charge in [-0.25, -0.2) is 6.08 Å². The molecule has 0 saturated heterocycles. The van der Waals surface area contributed by atoms with Gasteiger partial charge in [0.2, 0.25) is 0 Å². The second-order valence-electron chi connectivity index (χ2n) is 2.79. The minimum atomic E-state index is -1.35. The Labute approximate surface area is 89.9 Å². The van der Waals surface area contributed by atoms with Gasteiger partial charge in [-0.05, 0) is 18.1 Å². The zero-order chi connectivity index (χ0) is 8.74. The Bertz CT molecular complexity index is 105. The van der Waals surface area contributed by atoms with Gasteiger partial charge in [0.25, 0.3) is 0 Å². The van der Waals surface area contributed by atoms with Crippen molar-refractivity contribution in [3.05, 3.63) is 12.7 Å². The zero-order valence-electron chi connectivity index (χ0n) is 8.89. The van der Waals surface area contributed by atoms with E-state index in [2.05, 4.69) is 20.8 Å². The van der Waals surface area contributed by atoms with Gasteiger partial charge < -0.3 is 11.0 Å². The summed E-state index contributed by atoms with van der Waals surface area (Å²) >= 11 is 0. The van der Waals surface area contributed by atoms with Gasteiger partial charge in [-0.1, -0.05) is 20.8 Å². The fraction of sp³-hybridized carbons (Fsp3) is 0.778. The quantitative estimate of drug-likeness (QED) is 0.411. The molecule has 0 bridgehead atoms. The Kier molecular flexibility index (Phi) is 10.2. The van der Waals surface area contributed by atoms with Crippen LogP contribution in [0.2, 0.25) is 18.1 Å². The molecule has 0 aromatic heterocycles. The molecule has 0 N–H and O–H groups in total. The monoisotopic (exact) mass is 178 g/mol. The van der Waals surface area contributed by atoms with Gasteiger partial charge in [0.15, 0.2) is 8.32 Å². The zero-order valence-corrected chi connectivity index (χ0v) is 9.89. The molecule has 0 aromatic rings. The predicted octanol–water partition coefficient (Wildman–Crippen LogP) is 0.00139. The maximum atomic E-state index is 5.78. The molecule has 0 radical (unpaired) electrons. The van der Waals surface area contributed by atoms with Gasteiger partial charge in [0, 0.05) is 6.61 Å². The van der Waals surface area contributed by atoms with Crippen molar-refractivity contribution in [3.63, 3.8) is 0 Å². The summed E-state index contributed by atoms with van der Waals surface area (Å²) in [6.07, 6.45) is 1.60. The third kappa shape index (κ3) is 4.52. The van der Waals surface area contributed by atoms with Crippen LogP contribution in [0, 0.1) is 6.58 Å². The first-order valence-electron chi connectivity index (χ1n) is 4.42. The van der Waals surface area contributed by atoms with Crippen LogP contribution in [0.3, 0.4) is 0 Å². The summed E-state index contributed by atoms with van der Waals surface area (Å²) in [4.78, 5) is 0. The van der Waals surface area contributed by atoms with E-state index >= 15 is 0 Å². The molecule has 0 rings (SSSR count). The van der Waals surface area contributed by atoms with Gasteiger partial charge in [0.1, 0.15) is 0 Å². The van der Waals surface area contributed by atoms with Gasteiger partial charge in [-0.15, -0.1) is 0 Å². The first-order valence-corrected chi connectivity index (χ1v) is 6.95. The summed E-state index contributed by atoms with van der Waals surface area (Å²) in [7, 11) is -1.35. The van der Waals surface area contributed by atoms with E-state index in [0.717, 1.165) is 0 Å². The molecule has 0 aliphatic rings. The fourth-order valence-electron chi connectivity index (χ4n) is 1.28. The summed E-state index contributed by atoms with van der Waals surface area (Å²) in [5.74, 6) is 0. The van der Waals surface area contributed by atoms with E-state index in [9.17, 15) is 0 Å². The van der Waals surface area contributed by atoms with Crippen molar-refractivity contribution in [2.75, 3.05) is 6.61 Å². The second kappa shape index (κ2) is 8.13. The summed E-state index contributed by atoms with van der Waals surface area (Å²) in [6, 6.07) is 3.61. The normalized spacial score (nSPS) is 10.6. The van der Waals surface area contributed by atoms with Crippen molar-refractivity contribution in [2.24, 2.45) is 0 Å². The van der Waals surface area contributed by atoms with Crippen LogP contribution in [0.15, 0.2) is 6.08 Å². The van der Waals surface area contributed by atoms with Crippen molar-refractivity contribution in [2.45, 2.75) is 38.9 Å². The maximum absolute atomic E-state index is 5.78. The minimum absolute atomic E-state index is 0. The first kappa shape index (κ1) is 15.0. The van der Waals surface area contributed by atoms with Crippen molar-refractivity contribution in [1.82, 2.24) is 0 Å². The molecule has 0 saturated carbocycles. The molecule has 3 heteroatoms. The summed E-state index contributed by atoms with van der Waals surface area (Å²) < 4.78 is 5.78. The van der Waals surface area contributed by atoms with Gasteiger partial charge in [-0.2, -0.15) is 0 Å². The van der Waals surface area contributed by atoms with Crippen LogP contribution in [0.1, 0.15) is 20.8 Å². The van der Waals surface area contributed by atoms with Crippen LogP contribution in [-0.2, 0) is 4.43 Å². The second-order valence-corrected chi connectivity index (χ2v) is 7.57. The van der Waals surface area contributed by atoms with E-state index in [-0.39, 0.29) is 18.9 Å². The van der Waals surface area contributed by atoms with Gasteiger partial charge in [-0.3, -0.25) is 0 Å². The Balaban J connectivity index is 0. The Morgan fingerprint density at radius 2 is 1.58 bits per heavy atom. The average Bonchev–Trinajstić information content (AvgIpc) is 2.08. The topological polar surface area (TPSA) is 9.23 Å². The Hall–Kier alpha value is 0.514. The average molecular weight is 178 g/mol. The van der Waals surface area contributed by atoms with Crippen molar-refractivity contribution in [1.29, 1.82) is 0 Å². The van der Waals surface area contributed by atoms with E-state index in [0.29, 0.717) is 6.61 Å². The van der Waals surface area contributed by atoms with Crippen molar-refractivity contribution >= 4 is 8.32 Å². The largest absolute Gasteiger partial charge is 1.00 e. The van der Waals surface area contributed by atoms with E-state index in [4.69, 9.17) is 11.0 Å². The standard InChI is InChI=1S/C9H19OSi.Li/c1-5-9-10-11(6-2,7-3)8-4;/h1,5H,6-9H2,2-4H3;/q-1;+1. The minimum Gasteiger partial charge on any atom is -0.516 e. The molecule has 0 unspecified atom stereocenters. The maximum Gasteiger partial charge on any atom is 1.00 e. The fourth-order valence-corrected chi connectivity index (χ4v) is 3.84. The molecule has 0 aliphatic carbocycles. The molecule has 0 amide bonds. The third-order valence-electron chi connectivity index (χ3n) is 2.42. The molecule has 0 heterocycles. The van der Waals surface area contributed by atoms with Crippen LogP contribution in [0.4, 0.5) is 0 Å². The smallest absolute Gasteiger partial charge is 0.516 e. The first-order chi connectivity index (χ1) is 5.24. The van der Waals surface area contributed by atoms with Crippen molar-refractivity contribution < 1.29 is 23.3 Å². The molecular formula is C9H19LiOSi. The molecule has 0 aliphatic heterocycles. The van der Waals surface area contributed by atoms with Crippen LogP contribution < -0.4 is 18.9 Å². The summed E-state index contributed by atoms with van der Waals surface area (Å²) in [5, 5.41) is 0. The number of hydrogen-bond acceptors (Lipinski definition) is 1. The van der Waals surface area contributed by atoms with Gasteiger partial charge in [0.05, 0.1) is 0 Å². The van der Waals surface area contributed by atoms with Crippen molar-refractivity contribution in [3.8, 4) is 0 Å². The van der Waals surface area contributed by atoms with E-state index in [1.165, 1.54) is 18.1 Å². The molecular weight excluding hydrogens is 159 g/mol. The molecule has 0 spiro atoms. The predicted molar refractivity (Wildman–Crippen MR) is 52.0 cm³/mol. The van der Waals surface area contributed by atoms with Gasteiger partial charge >= 0.3 is 18.9 Å². The summed E-state index contributed by atoms with van der Waals surface area (Å²) in [6.45, 7) is 12.6. The Morgan fingerprint density at radius 1 is 1.17 bits per heavy atom. The molecule has 0 atom stereocenters. The van der Waals surface area contributed by atoms with Crippen LogP contribution >= 0.6 is 0 Å². The summed E-state index contributed by atoms with van der Waals surface area (Å²) in [5.41, 5.74) is 0. The number of hydrogen-bond donors (Lipinski definition) is 0. The molecule has 0 aromatic carbocycles. The van der Waals surface area contributed by atoms with Crippen LogP contribution in [-0.4, -0.2) is 14.9 Å². The molecule has 12 heavy (non-hydrogen) atoms. The Morgan fingerprint density at radius 3 is 1.83 bits per heavy atom. The van der Waals surface area contributed by atoms with E-state index in [1.54, 1.807) is 6.08 Å². The third-order valence-corrected chi connectivity index (χ3v) is 7.06. The van der Waals surface area contributed by atoms with E-state index < -0.39 is 8.32 Å². The van der Waals surface area contributed by atoms with Crippen LogP contribution in [0.5, 0.6) is 0 Å². The molecule has 1 nitrogen and oxygen atoms in total. The number of rotatable bonds is 6. The van der Waals surface area contributed by atoms with Crippen LogP contribution in [0.25, 0.3) is 0 Å². The van der Waals surface area contributed by atoms with E-state index in [1.807, 2.05) is 0 Å². The molecule has 0 fully saturated rings. The molecule has 66 valence electrons. The SMILES string of the molecule is [CH-]=CCO[Si](CC)(CC)CC.[Li+].